The number of hydrogen-bond acceptors (Lipinski definition) is 7. The molecule has 0 aliphatic rings. The zero-order valence-corrected chi connectivity index (χ0v) is 15.8. The van der Waals surface area contributed by atoms with Crippen molar-refractivity contribution in [2.45, 2.75) is 5.03 Å². The van der Waals surface area contributed by atoms with Crippen molar-refractivity contribution >= 4 is 35.0 Å². The SMILES string of the molecule is NC(=O)c1ccc(NC(=O)CSc2ccc(-c3cccc([N+](=O)[O-])c3)nn2)cc1. The molecule has 1 aromatic heterocycles. The van der Waals surface area contributed by atoms with Crippen molar-refractivity contribution < 1.29 is 14.5 Å². The first kappa shape index (κ1) is 20.0. The minimum Gasteiger partial charge on any atom is -0.366 e. The predicted molar refractivity (Wildman–Crippen MR) is 108 cm³/mol. The molecule has 10 heteroatoms. The molecule has 0 aliphatic carbocycles. The van der Waals surface area contributed by atoms with Crippen molar-refractivity contribution in [3.63, 3.8) is 0 Å². The normalized spacial score (nSPS) is 10.3. The molecule has 0 aliphatic heterocycles. The Morgan fingerprint density at radius 2 is 1.83 bits per heavy atom. The van der Waals surface area contributed by atoms with Gasteiger partial charge in [-0.05, 0) is 36.4 Å². The molecule has 29 heavy (non-hydrogen) atoms. The summed E-state index contributed by atoms with van der Waals surface area (Å²) in [6.07, 6.45) is 0. The lowest BCUT2D eigenvalue weighted by Gasteiger charge is -2.06. The zero-order valence-electron chi connectivity index (χ0n) is 14.9. The van der Waals surface area contributed by atoms with Gasteiger partial charge in [0.15, 0.2) is 0 Å². The highest BCUT2D eigenvalue weighted by molar-refractivity contribution is 7.99. The summed E-state index contributed by atoms with van der Waals surface area (Å²) in [7, 11) is 0. The molecule has 0 saturated carbocycles. The number of nitro benzene ring substituents is 1. The summed E-state index contributed by atoms with van der Waals surface area (Å²) < 4.78 is 0. The molecule has 3 N–H and O–H groups in total. The van der Waals surface area contributed by atoms with Crippen molar-refractivity contribution in [1.29, 1.82) is 0 Å². The molecule has 146 valence electrons. The lowest BCUT2D eigenvalue weighted by molar-refractivity contribution is -0.384. The molecule has 0 atom stereocenters. The van der Waals surface area contributed by atoms with Crippen LogP contribution in [0.15, 0.2) is 65.7 Å². The van der Waals surface area contributed by atoms with Gasteiger partial charge in [0.2, 0.25) is 11.8 Å². The van der Waals surface area contributed by atoms with Crippen LogP contribution in [0.25, 0.3) is 11.3 Å². The minimum atomic E-state index is -0.537. The second-order valence-electron chi connectivity index (χ2n) is 5.84. The van der Waals surface area contributed by atoms with E-state index in [4.69, 9.17) is 5.73 Å². The fourth-order valence-electron chi connectivity index (χ4n) is 2.38. The Morgan fingerprint density at radius 1 is 1.07 bits per heavy atom. The number of hydrogen-bond donors (Lipinski definition) is 2. The third-order valence-corrected chi connectivity index (χ3v) is 4.72. The third-order valence-electron chi connectivity index (χ3n) is 3.80. The first-order chi connectivity index (χ1) is 13.9. The summed E-state index contributed by atoms with van der Waals surface area (Å²) in [5, 5.41) is 22.2. The number of carbonyl (C=O) groups is 2. The van der Waals surface area contributed by atoms with E-state index in [2.05, 4.69) is 15.5 Å². The molecule has 3 aromatic rings. The number of non-ortho nitro benzene ring substituents is 1. The molecule has 0 fully saturated rings. The number of primary amides is 1. The number of anilines is 1. The quantitative estimate of drug-likeness (QED) is 0.347. The largest absolute Gasteiger partial charge is 0.366 e. The summed E-state index contributed by atoms with van der Waals surface area (Å²) >= 11 is 1.20. The summed E-state index contributed by atoms with van der Waals surface area (Å²) in [6, 6.07) is 15.8. The Balaban J connectivity index is 1.57. The van der Waals surface area contributed by atoms with Crippen molar-refractivity contribution in [3.8, 4) is 11.3 Å². The van der Waals surface area contributed by atoms with Crippen LogP contribution in [0.1, 0.15) is 10.4 Å². The minimum absolute atomic E-state index is 0.0247. The molecule has 0 spiro atoms. The van der Waals surface area contributed by atoms with Crippen LogP contribution in [0.5, 0.6) is 0 Å². The first-order valence-corrected chi connectivity index (χ1v) is 9.32. The van der Waals surface area contributed by atoms with Crippen molar-refractivity contribution in [3.05, 3.63) is 76.3 Å². The maximum absolute atomic E-state index is 12.1. The molecular weight excluding hydrogens is 394 g/mol. The number of nitrogens with two attached hydrogens (primary N) is 1. The molecule has 2 aromatic carbocycles. The molecule has 0 radical (unpaired) electrons. The second-order valence-corrected chi connectivity index (χ2v) is 6.84. The molecular formula is C19H15N5O4S. The molecule has 0 unspecified atom stereocenters. The lowest BCUT2D eigenvalue weighted by Crippen LogP contribution is -2.15. The number of thioether (sulfide) groups is 1. The van der Waals surface area contributed by atoms with E-state index in [0.29, 0.717) is 27.5 Å². The molecule has 0 bridgehead atoms. The molecule has 0 saturated heterocycles. The average Bonchev–Trinajstić information content (AvgIpc) is 2.73. The van der Waals surface area contributed by atoms with E-state index in [9.17, 15) is 19.7 Å². The van der Waals surface area contributed by atoms with Gasteiger partial charge in [-0.3, -0.25) is 19.7 Å². The zero-order chi connectivity index (χ0) is 20.8. The van der Waals surface area contributed by atoms with E-state index in [1.807, 2.05) is 0 Å². The Morgan fingerprint density at radius 3 is 2.45 bits per heavy atom. The summed E-state index contributed by atoms with van der Waals surface area (Å²) in [5.41, 5.74) is 7.14. The van der Waals surface area contributed by atoms with E-state index >= 15 is 0 Å². The van der Waals surface area contributed by atoms with Crippen LogP contribution < -0.4 is 11.1 Å². The highest BCUT2D eigenvalue weighted by Crippen LogP contribution is 2.23. The van der Waals surface area contributed by atoms with Crippen LogP contribution in [-0.2, 0) is 4.79 Å². The van der Waals surface area contributed by atoms with Gasteiger partial charge >= 0.3 is 0 Å². The number of amides is 2. The Hall–Kier alpha value is -3.79. The van der Waals surface area contributed by atoms with Crippen LogP contribution in [0.4, 0.5) is 11.4 Å². The van der Waals surface area contributed by atoms with E-state index < -0.39 is 10.8 Å². The summed E-state index contributed by atoms with van der Waals surface area (Å²) in [5.74, 6) is -0.667. The predicted octanol–water partition coefficient (Wildman–Crippen LogP) is 2.88. The topological polar surface area (TPSA) is 141 Å². The second kappa shape index (κ2) is 8.93. The van der Waals surface area contributed by atoms with Crippen molar-refractivity contribution in [2.75, 3.05) is 11.1 Å². The van der Waals surface area contributed by atoms with E-state index in [-0.39, 0.29) is 17.3 Å². The van der Waals surface area contributed by atoms with Crippen LogP contribution in [0, 0.1) is 10.1 Å². The Kier molecular flexibility index (Phi) is 6.15. The van der Waals surface area contributed by atoms with Gasteiger partial charge in [0.05, 0.1) is 16.4 Å². The van der Waals surface area contributed by atoms with Crippen LogP contribution in [0.3, 0.4) is 0 Å². The summed E-state index contributed by atoms with van der Waals surface area (Å²) in [6.45, 7) is 0. The fourth-order valence-corrected chi connectivity index (χ4v) is 3.00. The van der Waals surface area contributed by atoms with Gasteiger partial charge in [-0.25, -0.2) is 0 Å². The van der Waals surface area contributed by atoms with Gasteiger partial charge in [0, 0.05) is 28.9 Å². The smallest absolute Gasteiger partial charge is 0.270 e. The average molecular weight is 409 g/mol. The first-order valence-electron chi connectivity index (χ1n) is 8.33. The number of rotatable bonds is 7. The third kappa shape index (κ3) is 5.36. The van der Waals surface area contributed by atoms with Crippen LogP contribution >= 0.6 is 11.8 Å². The van der Waals surface area contributed by atoms with Gasteiger partial charge in [-0.15, -0.1) is 10.2 Å². The molecule has 3 rings (SSSR count). The number of benzene rings is 2. The highest BCUT2D eigenvalue weighted by atomic mass is 32.2. The number of nitrogens with zero attached hydrogens (tertiary/aromatic N) is 3. The lowest BCUT2D eigenvalue weighted by atomic mass is 10.1. The fraction of sp³-hybridized carbons (Fsp3) is 0.0526. The van der Waals surface area contributed by atoms with Crippen molar-refractivity contribution in [1.82, 2.24) is 10.2 Å². The van der Waals surface area contributed by atoms with Crippen molar-refractivity contribution in [2.24, 2.45) is 5.73 Å². The van der Waals surface area contributed by atoms with E-state index in [1.165, 1.54) is 36.0 Å². The van der Waals surface area contributed by atoms with Crippen LogP contribution in [-0.4, -0.2) is 32.7 Å². The number of carbonyl (C=O) groups excluding carboxylic acids is 2. The van der Waals surface area contributed by atoms with Crippen LogP contribution in [0.2, 0.25) is 0 Å². The Bertz CT molecular complexity index is 1050. The maximum atomic E-state index is 12.1. The highest BCUT2D eigenvalue weighted by Gasteiger charge is 2.10. The molecule has 9 nitrogen and oxygen atoms in total. The summed E-state index contributed by atoms with van der Waals surface area (Å²) in [4.78, 5) is 33.5. The van der Waals surface area contributed by atoms with Gasteiger partial charge in [-0.1, -0.05) is 23.9 Å². The molecule has 2 amide bonds. The molecule has 1 heterocycles. The van der Waals surface area contributed by atoms with Gasteiger partial charge in [0.1, 0.15) is 5.03 Å². The van der Waals surface area contributed by atoms with Gasteiger partial charge in [0.25, 0.3) is 5.69 Å². The van der Waals surface area contributed by atoms with E-state index in [0.717, 1.165) is 0 Å². The van der Waals surface area contributed by atoms with E-state index in [1.54, 1.807) is 36.4 Å². The van der Waals surface area contributed by atoms with Gasteiger partial charge < -0.3 is 11.1 Å². The number of nitrogens with one attached hydrogen (secondary N) is 1. The number of nitro groups is 1. The Labute approximate surface area is 169 Å². The standard InChI is InChI=1S/C19H15N5O4S/c20-19(26)12-4-6-14(7-5-12)21-17(25)11-29-18-9-8-16(22-23-18)13-2-1-3-15(10-13)24(27)28/h1-10H,11H2,(H2,20,26)(H,21,25). The number of aromatic nitrogens is 2. The maximum Gasteiger partial charge on any atom is 0.270 e. The van der Waals surface area contributed by atoms with Gasteiger partial charge in [-0.2, -0.15) is 0 Å². The monoisotopic (exact) mass is 409 g/mol.